The number of carbonyl (C=O) groups excluding carboxylic acids is 2. The molecule has 6 nitrogen and oxygen atoms in total. The first-order valence-corrected chi connectivity index (χ1v) is 13.0. The third kappa shape index (κ3) is 5.10. The van der Waals surface area contributed by atoms with Crippen molar-refractivity contribution < 1.29 is 14.3 Å². The number of aromatic nitrogens is 2. The molecule has 4 rings (SSSR count). The van der Waals surface area contributed by atoms with Gasteiger partial charge in [0.2, 0.25) is 0 Å². The molecular weight excluding hydrogens is 458 g/mol. The van der Waals surface area contributed by atoms with Gasteiger partial charge in [0, 0.05) is 17.0 Å². The zero-order valence-electron chi connectivity index (χ0n) is 21.4. The summed E-state index contributed by atoms with van der Waals surface area (Å²) in [6, 6.07) is 10.0. The van der Waals surface area contributed by atoms with Crippen LogP contribution in [-0.2, 0) is 26.2 Å². The van der Waals surface area contributed by atoms with Gasteiger partial charge in [0.1, 0.15) is 5.60 Å². The molecule has 3 N–H and O–H groups in total. The van der Waals surface area contributed by atoms with E-state index >= 15 is 0 Å². The minimum Gasteiger partial charge on any atom is -0.457 e. The van der Waals surface area contributed by atoms with Crippen molar-refractivity contribution in [2.45, 2.75) is 82.0 Å². The Labute approximate surface area is 211 Å². The minimum atomic E-state index is -0.868. The monoisotopic (exact) mass is 493 g/mol. The van der Waals surface area contributed by atoms with Crippen LogP contribution in [0.1, 0.15) is 64.2 Å². The molecule has 186 valence electrons. The largest absolute Gasteiger partial charge is 0.457 e. The number of nitrogens with two attached hydrogens (primary N) is 1. The van der Waals surface area contributed by atoms with Crippen molar-refractivity contribution in [3.8, 4) is 0 Å². The lowest BCUT2D eigenvalue weighted by atomic mass is 9.78. The zero-order valence-corrected chi connectivity index (χ0v) is 22.2. The summed E-state index contributed by atoms with van der Waals surface area (Å²) in [5.74, 6) is -0.502. The lowest BCUT2D eigenvalue weighted by molar-refractivity contribution is -0.176. The number of aryl methyl sites for hydroxylation is 2. The Bertz CT molecular complexity index is 1250. The molecule has 0 aliphatic carbocycles. The van der Waals surface area contributed by atoms with Crippen molar-refractivity contribution in [2.24, 2.45) is 5.92 Å². The number of H-pyrrole nitrogens is 1. The van der Waals surface area contributed by atoms with Crippen molar-refractivity contribution >= 4 is 40.2 Å². The van der Waals surface area contributed by atoms with Gasteiger partial charge in [-0.2, -0.15) is 0 Å². The molecule has 1 fully saturated rings. The number of imidazole rings is 1. The Morgan fingerprint density at radius 2 is 1.97 bits per heavy atom. The molecule has 2 unspecified atom stereocenters. The maximum Gasteiger partial charge on any atom is 0.327 e. The molecule has 0 spiro atoms. The molecule has 0 saturated carbocycles. The Hall–Kier alpha value is -2.80. The fourth-order valence-electron chi connectivity index (χ4n) is 4.68. The molecular formula is C28H35N3O3S. The standard InChI is InChI=1S/C28H35N3O3S/c1-16(2)28(10-9-18-7-8-21-22(12-18)31-15-30-21)14-23(32)25(26(33)34-28)35-24-11-17(3)20(29)13-19(24)27(4,5)6/h7-8,11-13,15-16,25H,9-10,14,29H2,1-6H3,(H,30,31). The third-order valence-electron chi connectivity index (χ3n) is 7.08. The lowest BCUT2D eigenvalue weighted by Gasteiger charge is -2.41. The number of hydrogen-bond donors (Lipinski definition) is 2. The van der Waals surface area contributed by atoms with Gasteiger partial charge in [-0.15, -0.1) is 11.8 Å². The van der Waals surface area contributed by atoms with Crippen LogP contribution in [0.3, 0.4) is 0 Å². The highest BCUT2D eigenvalue weighted by Gasteiger charge is 2.49. The first-order valence-electron chi connectivity index (χ1n) is 12.1. The van der Waals surface area contributed by atoms with Crippen LogP contribution in [0.5, 0.6) is 0 Å². The summed E-state index contributed by atoms with van der Waals surface area (Å²) < 4.78 is 6.14. The topological polar surface area (TPSA) is 98.1 Å². The predicted molar refractivity (Wildman–Crippen MR) is 142 cm³/mol. The molecule has 1 saturated heterocycles. The summed E-state index contributed by atoms with van der Waals surface area (Å²) in [4.78, 5) is 35.0. The number of nitrogens with one attached hydrogen (secondary N) is 1. The average Bonchev–Trinajstić information content (AvgIpc) is 3.24. The summed E-state index contributed by atoms with van der Waals surface area (Å²) in [7, 11) is 0. The number of ketones is 1. The van der Waals surface area contributed by atoms with Crippen LogP contribution >= 0.6 is 11.8 Å². The molecule has 7 heteroatoms. The number of fused-ring (bicyclic) bond motifs is 1. The van der Waals surface area contributed by atoms with Gasteiger partial charge in [0.05, 0.1) is 17.4 Å². The number of Topliss-reactive ketones (excluding diaryl/α,β-unsaturated/α-hetero) is 1. The van der Waals surface area contributed by atoms with Crippen LogP contribution in [-0.4, -0.2) is 32.6 Å². The van der Waals surface area contributed by atoms with Gasteiger partial charge in [-0.1, -0.05) is 40.7 Å². The number of nitrogens with zero attached hydrogens (tertiary/aromatic N) is 1. The van der Waals surface area contributed by atoms with E-state index in [0.717, 1.165) is 32.6 Å². The number of anilines is 1. The van der Waals surface area contributed by atoms with E-state index in [1.165, 1.54) is 11.8 Å². The number of aromatic amines is 1. The molecule has 2 heterocycles. The Kier molecular flexibility index (Phi) is 6.75. The molecule has 3 aromatic rings. The summed E-state index contributed by atoms with van der Waals surface area (Å²) >= 11 is 1.30. The summed E-state index contributed by atoms with van der Waals surface area (Å²) in [6.07, 6.45) is 3.19. The number of benzene rings is 2. The molecule has 0 radical (unpaired) electrons. The molecule has 35 heavy (non-hydrogen) atoms. The van der Waals surface area contributed by atoms with Crippen LogP contribution in [0.4, 0.5) is 5.69 Å². The van der Waals surface area contributed by atoms with Gasteiger partial charge in [-0.05, 0) is 72.1 Å². The van der Waals surface area contributed by atoms with E-state index in [4.69, 9.17) is 10.5 Å². The van der Waals surface area contributed by atoms with Crippen LogP contribution in [0, 0.1) is 12.8 Å². The van der Waals surface area contributed by atoms with Crippen LogP contribution in [0.25, 0.3) is 11.0 Å². The van der Waals surface area contributed by atoms with Crippen molar-refractivity contribution in [3.05, 3.63) is 53.3 Å². The molecule has 2 atom stereocenters. The van der Waals surface area contributed by atoms with E-state index in [0.29, 0.717) is 18.5 Å². The number of ether oxygens (including phenoxy) is 1. The molecule has 2 aromatic carbocycles. The average molecular weight is 494 g/mol. The first kappa shape index (κ1) is 25.3. The summed E-state index contributed by atoms with van der Waals surface area (Å²) in [5, 5.41) is -0.868. The maximum atomic E-state index is 13.4. The van der Waals surface area contributed by atoms with E-state index in [9.17, 15) is 9.59 Å². The lowest BCUT2D eigenvalue weighted by Crippen LogP contribution is -2.52. The number of hydrogen-bond acceptors (Lipinski definition) is 6. The summed E-state index contributed by atoms with van der Waals surface area (Å²) in [5.41, 5.74) is 10.9. The van der Waals surface area contributed by atoms with E-state index < -0.39 is 16.8 Å². The number of thioether (sulfide) groups is 1. The number of nitrogen functional groups attached to an aromatic ring is 1. The first-order chi connectivity index (χ1) is 16.4. The van der Waals surface area contributed by atoms with Crippen LogP contribution in [0.2, 0.25) is 0 Å². The number of rotatable bonds is 6. The van der Waals surface area contributed by atoms with E-state index in [2.05, 4.69) is 36.8 Å². The van der Waals surface area contributed by atoms with Crippen molar-refractivity contribution in [1.29, 1.82) is 0 Å². The van der Waals surface area contributed by atoms with E-state index in [1.807, 2.05) is 45.0 Å². The van der Waals surface area contributed by atoms with Crippen LogP contribution < -0.4 is 5.73 Å². The second kappa shape index (κ2) is 9.34. The van der Waals surface area contributed by atoms with Gasteiger partial charge in [-0.3, -0.25) is 9.59 Å². The fourth-order valence-corrected chi connectivity index (χ4v) is 6.03. The Morgan fingerprint density at radius 1 is 1.23 bits per heavy atom. The number of cyclic esters (lactones) is 1. The van der Waals surface area contributed by atoms with Gasteiger partial charge < -0.3 is 15.5 Å². The quantitative estimate of drug-likeness (QED) is 0.258. The highest BCUT2D eigenvalue weighted by Crippen LogP contribution is 2.43. The van der Waals surface area contributed by atoms with E-state index in [-0.39, 0.29) is 23.5 Å². The van der Waals surface area contributed by atoms with Crippen molar-refractivity contribution in [2.75, 3.05) is 5.73 Å². The second-order valence-electron chi connectivity index (χ2n) is 11.0. The smallest absolute Gasteiger partial charge is 0.327 e. The van der Waals surface area contributed by atoms with Crippen molar-refractivity contribution in [3.63, 3.8) is 0 Å². The fraction of sp³-hybridized carbons (Fsp3) is 0.464. The molecule has 0 amide bonds. The molecule has 0 bridgehead atoms. The Balaban J connectivity index is 1.55. The molecule has 1 aliphatic heterocycles. The van der Waals surface area contributed by atoms with Crippen molar-refractivity contribution in [1.82, 2.24) is 9.97 Å². The van der Waals surface area contributed by atoms with Gasteiger partial charge >= 0.3 is 5.97 Å². The maximum absolute atomic E-state index is 13.4. The number of esters is 1. The number of carbonyl (C=O) groups is 2. The normalized spacial score (nSPS) is 21.1. The SMILES string of the molecule is Cc1cc(SC2C(=O)CC(CCc3ccc4nc[nH]c4c3)(C(C)C)OC2=O)c(C(C)(C)C)cc1N. The van der Waals surface area contributed by atoms with Gasteiger partial charge in [0.15, 0.2) is 11.0 Å². The molecule has 1 aliphatic rings. The summed E-state index contributed by atoms with van der Waals surface area (Å²) in [6.45, 7) is 12.3. The van der Waals surface area contributed by atoms with Gasteiger partial charge in [-0.25, -0.2) is 4.98 Å². The Morgan fingerprint density at radius 3 is 2.63 bits per heavy atom. The molecule has 1 aromatic heterocycles. The highest BCUT2D eigenvalue weighted by molar-refractivity contribution is 8.01. The predicted octanol–water partition coefficient (Wildman–Crippen LogP) is 5.76. The van der Waals surface area contributed by atoms with E-state index in [1.54, 1.807) is 6.33 Å². The third-order valence-corrected chi connectivity index (χ3v) is 8.36. The van der Waals surface area contributed by atoms with Gasteiger partial charge in [0.25, 0.3) is 0 Å². The van der Waals surface area contributed by atoms with Crippen LogP contribution in [0.15, 0.2) is 41.6 Å². The second-order valence-corrected chi connectivity index (χ2v) is 12.1. The minimum absolute atomic E-state index is 0.0149. The zero-order chi connectivity index (χ0) is 25.5. The highest BCUT2D eigenvalue weighted by atomic mass is 32.2.